The molecule has 1 heterocycles. The lowest BCUT2D eigenvalue weighted by atomic mass is 10.0. The van der Waals surface area contributed by atoms with Crippen molar-refractivity contribution >= 4 is 11.6 Å². The molecule has 0 atom stereocenters. The second kappa shape index (κ2) is 8.65. The van der Waals surface area contributed by atoms with E-state index in [-0.39, 0.29) is 29.9 Å². The van der Waals surface area contributed by atoms with E-state index in [0.29, 0.717) is 17.7 Å². The Morgan fingerprint density at radius 1 is 0.800 bits per heavy atom. The van der Waals surface area contributed by atoms with Crippen LogP contribution in [0, 0.1) is 0 Å². The number of benzene rings is 2. The summed E-state index contributed by atoms with van der Waals surface area (Å²) in [5.41, 5.74) is -0.621. The highest BCUT2D eigenvalue weighted by atomic mass is 35.5. The van der Waals surface area contributed by atoms with E-state index in [1.54, 1.807) is 6.07 Å². The van der Waals surface area contributed by atoms with Crippen LogP contribution in [-0.4, -0.2) is 4.98 Å². The van der Waals surface area contributed by atoms with Gasteiger partial charge in [0.2, 0.25) is 0 Å². The molecule has 1 aromatic heterocycles. The molecule has 0 amide bonds. The maximum absolute atomic E-state index is 13.0. The molecule has 0 saturated carbocycles. The van der Waals surface area contributed by atoms with E-state index >= 15 is 0 Å². The number of alkyl halides is 6. The van der Waals surface area contributed by atoms with Crippen molar-refractivity contribution in [1.29, 1.82) is 0 Å². The van der Waals surface area contributed by atoms with Gasteiger partial charge in [0, 0.05) is 24.8 Å². The first-order valence-corrected chi connectivity index (χ1v) is 9.11. The highest BCUT2D eigenvalue weighted by Crippen LogP contribution is 2.36. The number of halogens is 7. The summed E-state index contributed by atoms with van der Waals surface area (Å²) < 4.78 is 78.0. The summed E-state index contributed by atoms with van der Waals surface area (Å²) in [4.78, 5) is 4.01. The van der Waals surface area contributed by atoms with Gasteiger partial charge in [-0.1, -0.05) is 41.9 Å². The molecule has 0 radical (unpaired) electrons. The van der Waals surface area contributed by atoms with Crippen LogP contribution in [0.5, 0.6) is 0 Å². The zero-order valence-electron chi connectivity index (χ0n) is 15.3. The Bertz CT molecular complexity index is 984. The van der Waals surface area contributed by atoms with Crippen molar-refractivity contribution in [1.82, 2.24) is 10.3 Å². The van der Waals surface area contributed by atoms with Crippen molar-refractivity contribution in [2.45, 2.75) is 25.4 Å². The Balaban J connectivity index is 1.84. The Hall–Kier alpha value is -2.58. The van der Waals surface area contributed by atoms with Crippen LogP contribution >= 0.6 is 11.6 Å². The van der Waals surface area contributed by atoms with E-state index in [0.717, 1.165) is 11.1 Å². The van der Waals surface area contributed by atoms with Crippen molar-refractivity contribution in [2.24, 2.45) is 0 Å². The average Bonchev–Trinajstić information content (AvgIpc) is 2.68. The summed E-state index contributed by atoms with van der Waals surface area (Å²) in [5.74, 6) is 0. The van der Waals surface area contributed by atoms with Crippen LogP contribution in [0.25, 0.3) is 11.1 Å². The lowest BCUT2D eigenvalue weighted by Gasteiger charge is -2.15. The van der Waals surface area contributed by atoms with E-state index in [2.05, 4.69) is 10.3 Å². The third-order valence-corrected chi connectivity index (χ3v) is 4.69. The number of rotatable bonds is 5. The molecule has 0 bridgehead atoms. The van der Waals surface area contributed by atoms with E-state index in [1.807, 2.05) is 30.3 Å². The van der Waals surface area contributed by atoms with Crippen LogP contribution in [0.15, 0.2) is 60.8 Å². The van der Waals surface area contributed by atoms with Crippen LogP contribution in [-0.2, 0) is 25.4 Å². The smallest absolute Gasteiger partial charge is 0.308 e. The third-order valence-electron chi connectivity index (χ3n) is 4.37. The molecule has 9 heteroatoms. The molecule has 1 N–H and O–H groups in total. The average molecular weight is 445 g/mol. The lowest BCUT2D eigenvalue weighted by Crippen LogP contribution is -2.17. The van der Waals surface area contributed by atoms with Gasteiger partial charge in [-0.15, -0.1) is 0 Å². The predicted molar refractivity (Wildman–Crippen MR) is 102 cm³/mol. The fraction of sp³-hybridized carbons (Fsp3) is 0.190. The summed E-state index contributed by atoms with van der Waals surface area (Å²) in [6.45, 7) is -0.110. The number of pyridine rings is 1. The largest absolute Gasteiger partial charge is 0.416 e. The molecule has 158 valence electrons. The van der Waals surface area contributed by atoms with Crippen molar-refractivity contribution < 1.29 is 26.3 Å². The first-order valence-electron chi connectivity index (χ1n) is 8.73. The molecule has 3 rings (SSSR count). The number of aromatic nitrogens is 1. The fourth-order valence-corrected chi connectivity index (χ4v) is 3.20. The Morgan fingerprint density at radius 3 is 1.97 bits per heavy atom. The van der Waals surface area contributed by atoms with Crippen molar-refractivity contribution in [3.05, 3.63) is 88.2 Å². The molecule has 0 spiro atoms. The van der Waals surface area contributed by atoms with Crippen LogP contribution < -0.4 is 5.32 Å². The summed E-state index contributed by atoms with van der Waals surface area (Å²) >= 11 is 6.18. The van der Waals surface area contributed by atoms with Gasteiger partial charge in [0.05, 0.1) is 11.1 Å². The van der Waals surface area contributed by atoms with E-state index in [9.17, 15) is 26.3 Å². The van der Waals surface area contributed by atoms with Crippen LogP contribution in [0.2, 0.25) is 5.15 Å². The van der Waals surface area contributed by atoms with E-state index in [4.69, 9.17) is 11.6 Å². The second-order valence-corrected chi connectivity index (χ2v) is 6.87. The molecule has 0 aliphatic carbocycles. The highest BCUT2D eigenvalue weighted by molar-refractivity contribution is 6.30. The number of nitrogens with zero attached hydrogens (tertiary/aromatic N) is 1. The predicted octanol–water partition coefficient (Wildman–Crippen LogP) is 6.73. The molecule has 0 saturated heterocycles. The third kappa shape index (κ3) is 5.31. The van der Waals surface area contributed by atoms with Gasteiger partial charge in [0.15, 0.2) is 0 Å². The minimum Gasteiger partial charge on any atom is -0.308 e. The van der Waals surface area contributed by atoms with Gasteiger partial charge in [-0.25, -0.2) is 4.98 Å². The monoisotopic (exact) mass is 444 g/mol. The van der Waals surface area contributed by atoms with Crippen molar-refractivity contribution in [3.63, 3.8) is 0 Å². The molecule has 0 fully saturated rings. The summed E-state index contributed by atoms with van der Waals surface area (Å²) in [6.07, 6.45) is -8.25. The van der Waals surface area contributed by atoms with Crippen LogP contribution in [0.4, 0.5) is 26.3 Å². The van der Waals surface area contributed by atoms with Gasteiger partial charge >= 0.3 is 12.4 Å². The molecular formula is C21H15ClF6N2. The van der Waals surface area contributed by atoms with E-state index < -0.39 is 23.5 Å². The minimum atomic E-state index is -4.89. The normalized spacial score (nSPS) is 12.2. The first-order chi connectivity index (χ1) is 14.1. The van der Waals surface area contributed by atoms with Gasteiger partial charge in [-0.2, -0.15) is 26.3 Å². The molecule has 2 nitrogen and oxygen atoms in total. The van der Waals surface area contributed by atoms with Gasteiger partial charge in [-0.05, 0) is 41.0 Å². The SMILES string of the molecule is FC(F)(F)c1cc(CNCc2c(-c3ccccc3)ccnc2Cl)cc(C(F)(F)F)c1. The fourth-order valence-electron chi connectivity index (χ4n) is 2.98. The lowest BCUT2D eigenvalue weighted by molar-refractivity contribution is -0.143. The second-order valence-electron chi connectivity index (χ2n) is 6.51. The molecule has 30 heavy (non-hydrogen) atoms. The van der Waals surface area contributed by atoms with E-state index in [1.165, 1.54) is 6.20 Å². The molecular weight excluding hydrogens is 430 g/mol. The zero-order chi connectivity index (χ0) is 21.9. The van der Waals surface area contributed by atoms with Crippen molar-refractivity contribution in [3.8, 4) is 11.1 Å². The van der Waals surface area contributed by atoms with Gasteiger partial charge in [0.1, 0.15) is 5.15 Å². The topological polar surface area (TPSA) is 24.9 Å². The molecule has 2 aromatic carbocycles. The zero-order valence-corrected chi connectivity index (χ0v) is 16.0. The summed E-state index contributed by atoms with van der Waals surface area (Å²) in [7, 11) is 0. The number of hydrogen-bond donors (Lipinski definition) is 1. The summed E-state index contributed by atoms with van der Waals surface area (Å²) in [5, 5.41) is 3.07. The Labute approximate surface area is 173 Å². The van der Waals surface area contributed by atoms with Gasteiger partial charge in [0.25, 0.3) is 0 Å². The molecule has 0 unspecified atom stereocenters. The van der Waals surface area contributed by atoms with Crippen LogP contribution in [0.1, 0.15) is 22.3 Å². The summed E-state index contributed by atoms with van der Waals surface area (Å²) in [6, 6.07) is 12.5. The molecule has 0 aliphatic heterocycles. The quantitative estimate of drug-likeness (QED) is 0.348. The Kier molecular flexibility index (Phi) is 6.38. The standard InChI is InChI=1S/C21H15ClF6N2/c22-19-18(17(6-7-30-19)14-4-2-1-3-5-14)12-29-11-13-8-15(20(23,24)25)10-16(9-13)21(26,27)28/h1-10,29H,11-12H2. The Morgan fingerprint density at radius 2 is 1.40 bits per heavy atom. The highest BCUT2D eigenvalue weighted by Gasteiger charge is 2.36. The molecule has 0 aliphatic rings. The van der Waals surface area contributed by atoms with Crippen LogP contribution in [0.3, 0.4) is 0 Å². The van der Waals surface area contributed by atoms with Gasteiger partial charge in [-0.3, -0.25) is 0 Å². The molecule has 3 aromatic rings. The first kappa shape index (κ1) is 22.1. The van der Waals surface area contributed by atoms with Gasteiger partial charge < -0.3 is 5.32 Å². The van der Waals surface area contributed by atoms with Crippen molar-refractivity contribution in [2.75, 3.05) is 0 Å². The maximum atomic E-state index is 13.0. The number of hydrogen-bond acceptors (Lipinski definition) is 2. The minimum absolute atomic E-state index is 0.106. The number of nitrogens with one attached hydrogen (secondary N) is 1. The maximum Gasteiger partial charge on any atom is 0.416 e.